The van der Waals surface area contributed by atoms with Crippen LogP contribution in [-0.4, -0.2) is 21.5 Å². The van der Waals surface area contributed by atoms with Gasteiger partial charge >= 0.3 is 0 Å². The summed E-state index contributed by atoms with van der Waals surface area (Å²) >= 11 is 0. The summed E-state index contributed by atoms with van der Waals surface area (Å²) in [5.74, 6) is 0.829. The fraction of sp³-hybridized carbons (Fsp3) is 0.125. The summed E-state index contributed by atoms with van der Waals surface area (Å²) in [5.41, 5.74) is 8.80. The summed E-state index contributed by atoms with van der Waals surface area (Å²) in [5, 5.41) is 4.98. The molecule has 1 N–H and O–H groups in total. The topological polar surface area (TPSA) is 37.1 Å². The Morgan fingerprint density at radius 2 is 1.52 bits per heavy atom. The number of para-hydroxylation sites is 3. The first kappa shape index (κ1) is 26.5. The summed E-state index contributed by atoms with van der Waals surface area (Å²) < 4.78 is 26.3. The first-order valence-corrected chi connectivity index (χ1v) is 15.0. The van der Waals surface area contributed by atoms with Crippen LogP contribution in [0.2, 0.25) is 0 Å². The van der Waals surface area contributed by atoms with Gasteiger partial charge in [0.25, 0.3) is 0 Å². The van der Waals surface area contributed by atoms with Crippen molar-refractivity contribution >= 4 is 38.9 Å². The number of hydrogen-bond donors (Lipinski definition) is 0. The van der Waals surface area contributed by atoms with E-state index in [-0.39, 0.29) is 21.1 Å². The van der Waals surface area contributed by atoms with Crippen molar-refractivity contribution in [2.75, 3.05) is 17.1 Å². The predicted octanol–water partition coefficient (Wildman–Crippen LogP) is 9.51. The molecular formula is C40H33N4OPt-. The molecule has 5 nitrogen and oxygen atoms in total. The molecule has 5 aromatic carbocycles. The molecule has 8 rings (SSSR count). The van der Waals surface area contributed by atoms with Crippen LogP contribution in [0.1, 0.15) is 34.7 Å². The fourth-order valence-corrected chi connectivity index (χ4v) is 6.38. The third kappa shape index (κ3) is 4.83. The summed E-state index contributed by atoms with van der Waals surface area (Å²) in [6.45, 7) is 4.03. The molecule has 0 unspecified atom stereocenters. The maximum atomic E-state index is 8.03. The molecule has 0 saturated heterocycles. The first-order chi connectivity index (χ1) is 23.1. The average Bonchev–Trinajstić information content (AvgIpc) is 3.65. The van der Waals surface area contributed by atoms with E-state index in [1.165, 1.54) is 11.1 Å². The molecule has 0 fully saturated rings. The van der Waals surface area contributed by atoms with E-state index in [0.717, 1.165) is 49.4 Å². The van der Waals surface area contributed by atoms with Gasteiger partial charge in [-0.25, -0.2) is 4.98 Å². The molecule has 0 atom stereocenters. The molecule has 2 aromatic heterocycles. The predicted molar refractivity (Wildman–Crippen MR) is 184 cm³/mol. The summed E-state index contributed by atoms with van der Waals surface area (Å²) in [6, 6.07) is 46.0. The van der Waals surface area contributed by atoms with Crippen LogP contribution in [0.15, 0.2) is 121 Å². The number of aryl methyl sites for hydroxylation is 1. The minimum Gasteiger partial charge on any atom is -0.319 e. The number of aromatic nitrogens is 2. The van der Waals surface area contributed by atoms with Crippen molar-refractivity contribution < 1.29 is 30.1 Å². The van der Waals surface area contributed by atoms with Crippen molar-refractivity contribution in [1.29, 1.82) is 0 Å². The smallest absolute Gasteiger partial charge is 0.145 e. The van der Waals surface area contributed by atoms with Crippen LogP contribution in [0.3, 0.4) is 0 Å². The Kier molecular flexibility index (Phi) is 6.68. The van der Waals surface area contributed by atoms with Crippen LogP contribution >= 0.6 is 0 Å². The second-order valence-electron chi connectivity index (χ2n) is 12.0. The van der Waals surface area contributed by atoms with Gasteiger partial charge in [0, 0.05) is 38.5 Å². The second-order valence-corrected chi connectivity index (χ2v) is 12.0. The molecule has 6 heteroatoms. The van der Waals surface area contributed by atoms with Gasteiger partial charge in [-0.15, -0.1) is 27.6 Å². The summed E-state index contributed by atoms with van der Waals surface area (Å²) in [6.07, 6.45) is 1.88. The van der Waals surface area contributed by atoms with Crippen LogP contribution in [-0.2, 0) is 26.5 Å². The largest absolute Gasteiger partial charge is 0.319 e. The number of hydrogen-bond acceptors (Lipinski definition) is 3. The van der Waals surface area contributed by atoms with Crippen molar-refractivity contribution in [1.82, 2.24) is 9.55 Å². The van der Waals surface area contributed by atoms with Gasteiger partial charge in [-0.2, -0.15) is 46.4 Å². The van der Waals surface area contributed by atoms with E-state index >= 15 is 0 Å². The number of pyridine rings is 1. The van der Waals surface area contributed by atoms with Crippen molar-refractivity contribution in [2.45, 2.75) is 26.2 Å². The van der Waals surface area contributed by atoms with Crippen molar-refractivity contribution in [2.24, 2.45) is 0 Å². The fourth-order valence-electron chi connectivity index (χ4n) is 6.38. The third-order valence-corrected chi connectivity index (χ3v) is 8.89. The normalized spacial score (nSPS) is 14.1. The minimum atomic E-state index is -2.42. The molecule has 1 aliphatic rings. The van der Waals surface area contributed by atoms with Crippen LogP contribution in [0, 0.1) is 19.1 Å². The number of nitrogens with zero attached hydrogens (tertiary/aromatic N) is 4. The van der Waals surface area contributed by atoms with Crippen molar-refractivity contribution in [3.05, 3.63) is 150 Å². The Hall–Kier alpha value is -4.70. The quantitative estimate of drug-likeness (QED) is 0.129. The monoisotopic (exact) mass is 783 g/mol. The first-order valence-electron chi connectivity index (χ1n) is 16.5. The third-order valence-electron chi connectivity index (χ3n) is 8.89. The van der Waals surface area contributed by atoms with E-state index < -0.39 is 12.4 Å². The van der Waals surface area contributed by atoms with Gasteiger partial charge in [0.15, 0.2) is 0 Å². The number of rotatable bonds is 5. The van der Waals surface area contributed by atoms with Gasteiger partial charge < -0.3 is 4.57 Å². The maximum absolute atomic E-state index is 8.03. The van der Waals surface area contributed by atoms with Gasteiger partial charge in [-0.1, -0.05) is 74.0 Å². The molecule has 46 heavy (non-hydrogen) atoms. The molecule has 3 heterocycles. The van der Waals surface area contributed by atoms with Gasteiger partial charge in [0.05, 0.1) is 11.1 Å². The molecule has 7 aromatic rings. The van der Waals surface area contributed by atoms with Crippen LogP contribution in [0.5, 0.6) is 0 Å². The Bertz CT molecular complexity index is 2350. The molecule has 0 amide bonds. The zero-order chi connectivity index (χ0) is 33.2. The standard InChI is InChI=1S/C40H32N4O.Pt/c1-27-12-5-6-15-32(27)28-22-23-41-39(24-28)43-35-17-8-7-16-33(35)34-21-20-30(26-38(34)43)40(2,3)29-13-11-14-31(25-29)44-37-19-10-9-18-36(37)42(4)45-44;/h5-24H,1-4H3;/q-2;/p+1/i4D3;. The van der Waals surface area contributed by atoms with Crippen LogP contribution in [0.25, 0.3) is 38.8 Å². The number of anilines is 3. The Balaban J connectivity index is 0.00000378. The minimum absolute atomic E-state index is 0. The van der Waals surface area contributed by atoms with E-state index in [2.05, 4.69) is 115 Å². The van der Waals surface area contributed by atoms with Gasteiger partial charge in [-0.3, -0.25) is 0 Å². The van der Waals surface area contributed by atoms with E-state index in [0.29, 0.717) is 17.1 Å². The molecule has 0 bridgehead atoms. The Morgan fingerprint density at radius 3 is 2.37 bits per heavy atom. The molecule has 0 aliphatic carbocycles. The summed E-state index contributed by atoms with van der Waals surface area (Å²) in [7, 11) is 0. The van der Waals surface area contributed by atoms with Crippen LogP contribution in [0.4, 0.5) is 17.1 Å². The second kappa shape index (κ2) is 11.6. The molecule has 0 saturated carbocycles. The molecule has 230 valence electrons. The van der Waals surface area contributed by atoms with Gasteiger partial charge in [0.2, 0.25) is 0 Å². The van der Waals surface area contributed by atoms with Crippen LogP contribution < -0.4 is 10.1 Å². The Labute approximate surface area is 288 Å². The van der Waals surface area contributed by atoms with Crippen molar-refractivity contribution in [3.63, 3.8) is 0 Å². The van der Waals surface area contributed by atoms with Crippen molar-refractivity contribution in [3.8, 4) is 16.9 Å². The number of fused-ring (bicyclic) bond motifs is 4. The SMILES string of the molecule is [2H]C([2H])([2H])N1[OH+]N(c2[c-]c(C(C)(C)c3[c-]c4c(cc3)c3ccccc3n4-c3cc(-c4ccccc4C)ccn3)ccc2)c2ccccc21.[Pt]. The zero-order valence-corrected chi connectivity index (χ0v) is 27.9. The molecule has 0 spiro atoms. The number of benzene rings is 5. The molecule has 1 aliphatic heterocycles. The van der Waals surface area contributed by atoms with Gasteiger partial charge in [-0.05, 0) is 64.7 Å². The molecular weight excluding hydrogens is 748 g/mol. The van der Waals surface area contributed by atoms with E-state index in [1.54, 1.807) is 11.1 Å². The average molecular weight is 784 g/mol. The van der Waals surface area contributed by atoms with E-state index in [1.807, 2.05) is 42.6 Å². The summed E-state index contributed by atoms with van der Waals surface area (Å²) in [4.78, 5) is 9.35. The van der Waals surface area contributed by atoms with Gasteiger partial charge in [0.1, 0.15) is 17.2 Å². The molecule has 0 radical (unpaired) electrons. The number of hydroxylamine groups is 1. The zero-order valence-electron chi connectivity index (χ0n) is 28.6. The Morgan fingerprint density at radius 1 is 0.761 bits per heavy atom. The maximum Gasteiger partial charge on any atom is 0.145 e. The van der Waals surface area contributed by atoms with E-state index in [9.17, 15) is 0 Å². The van der Waals surface area contributed by atoms with E-state index in [4.69, 9.17) is 9.10 Å².